The molecule has 7 nitrogen and oxygen atoms in total. The first-order chi connectivity index (χ1) is 13.0. The predicted octanol–water partition coefficient (Wildman–Crippen LogP) is 3.80. The van der Waals surface area contributed by atoms with Crippen LogP contribution in [-0.4, -0.2) is 19.5 Å². The van der Waals surface area contributed by atoms with Crippen molar-refractivity contribution in [1.82, 2.24) is 4.98 Å². The maximum Gasteiger partial charge on any atom is 0.413 e. The molecule has 1 N–H and O–H groups in total. The molecule has 1 amide bonds. The van der Waals surface area contributed by atoms with Crippen molar-refractivity contribution in [1.29, 1.82) is 0 Å². The molecule has 0 bridgehead atoms. The molecule has 0 spiro atoms. The lowest BCUT2D eigenvalue weighted by atomic mass is 10.2. The van der Waals surface area contributed by atoms with Crippen LogP contribution in [0.5, 0.6) is 0 Å². The molecule has 0 unspecified atom stereocenters. The van der Waals surface area contributed by atoms with Gasteiger partial charge in [0.05, 0.1) is 9.77 Å². The van der Waals surface area contributed by atoms with Crippen molar-refractivity contribution < 1.29 is 22.1 Å². The Bertz CT molecular complexity index is 989. The van der Waals surface area contributed by atoms with Crippen LogP contribution in [0.25, 0.3) is 0 Å². The Kier molecular flexibility index (Phi) is 6.17. The third kappa shape index (κ3) is 5.61. The summed E-state index contributed by atoms with van der Waals surface area (Å²) < 4.78 is 34.3. The molecule has 9 heteroatoms. The first-order valence-corrected chi connectivity index (χ1v) is 10.1. The normalized spacial score (nSPS) is 11.1. The summed E-state index contributed by atoms with van der Waals surface area (Å²) in [4.78, 5) is 16.4. The molecule has 2 aromatic carbocycles. The molecule has 0 aliphatic carbocycles. The molecule has 3 aromatic rings. The maximum atomic E-state index is 12.1. The molecular formula is C18H16N2O5S2. The first kappa shape index (κ1) is 19.0. The SMILES string of the molecule is O=C(Nc1ncc(COS(=O)(=O)c2ccccc2)s1)OCc1ccccc1. The van der Waals surface area contributed by atoms with Crippen LogP contribution in [0.1, 0.15) is 10.4 Å². The largest absolute Gasteiger partial charge is 0.444 e. The number of nitrogens with one attached hydrogen (secondary N) is 1. The molecule has 1 aromatic heterocycles. The summed E-state index contributed by atoms with van der Waals surface area (Å²) in [7, 11) is -3.84. The minimum Gasteiger partial charge on any atom is -0.444 e. The molecule has 0 saturated carbocycles. The number of ether oxygens (including phenoxy) is 1. The predicted molar refractivity (Wildman–Crippen MR) is 101 cm³/mol. The van der Waals surface area contributed by atoms with Crippen LogP contribution in [0.2, 0.25) is 0 Å². The van der Waals surface area contributed by atoms with Crippen molar-refractivity contribution >= 4 is 32.7 Å². The van der Waals surface area contributed by atoms with Crippen LogP contribution in [0, 0.1) is 0 Å². The lowest BCUT2D eigenvalue weighted by Crippen LogP contribution is -2.13. The number of nitrogens with zero attached hydrogens (tertiary/aromatic N) is 1. The zero-order chi connectivity index (χ0) is 19.1. The van der Waals surface area contributed by atoms with Crippen molar-refractivity contribution in [2.24, 2.45) is 0 Å². The number of anilines is 1. The second kappa shape index (κ2) is 8.76. The molecule has 0 saturated heterocycles. The van der Waals surface area contributed by atoms with E-state index in [4.69, 9.17) is 8.92 Å². The number of benzene rings is 2. The number of rotatable bonds is 7. The van der Waals surface area contributed by atoms with Gasteiger partial charge in [0.15, 0.2) is 5.13 Å². The van der Waals surface area contributed by atoms with Crippen molar-refractivity contribution in [3.8, 4) is 0 Å². The Balaban J connectivity index is 1.50. The Morgan fingerprint density at radius 3 is 2.37 bits per heavy atom. The topological polar surface area (TPSA) is 94.6 Å². The molecule has 0 aliphatic rings. The van der Waals surface area contributed by atoms with Crippen molar-refractivity contribution in [2.75, 3.05) is 5.32 Å². The second-order valence-electron chi connectivity index (χ2n) is 5.35. The van der Waals surface area contributed by atoms with Gasteiger partial charge in [-0.05, 0) is 17.7 Å². The summed E-state index contributed by atoms with van der Waals surface area (Å²) in [6.07, 6.45) is 0.801. The minimum atomic E-state index is -3.84. The number of thiazole rings is 1. The van der Waals surface area contributed by atoms with Crippen molar-refractivity contribution in [3.05, 3.63) is 77.3 Å². The van der Waals surface area contributed by atoms with Crippen LogP contribution < -0.4 is 5.32 Å². The van der Waals surface area contributed by atoms with Gasteiger partial charge in [-0.1, -0.05) is 59.9 Å². The second-order valence-corrected chi connectivity index (χ2v) is 8.08. The summed E-state index contributed by atoms with van der Waals surface area (Å²) in [6, 6.07) is 17.1. The molecule has 0 radical (unpaired) electrons. The standard InChI is InChI=1S/C18H16N2O5S2/c21-18(24-12-14-7-3-1-4-8-14)20-17-19-11-15(26-17)13-25-27(22,23)16-9-5-2-6-10-16/h1-11H,12-13H2,(H,19,20,21). The summed E-state index contributed by atoms with van der Waals surface area (Å²) >= 11 is 1.11. The molecule has 1 heterocycles. The van der Waals surface area contributed by atoms with Crippen LogP contribution in [-0.2, 0) is 32.3 Å². The van der Waals surface area contributed by atoms with E-state index >= 15 is 0 Å². The van der Waals surface area contributed by atoms with Gasteiger partial charge in [-0.15, -0.1) is 0 Å². The van der Waals surface area contributed by atoms with Gasteiger partial charge in [0, 0.05) is 6.20 Å². The lowest BCUT2D eigenvalue weighted by molar-refractivity contribution is 0.155. The van der Waals surface area contributed by atoms with E-state index in [0.29, 0.717) is 10.0 Å². The Hall–Kier alpha value is -2.75. The van der Waals surface area contributed by atoms with E-state index in [2.05, 4.69) is 10.3 Å². The highest BCUT2D eigenvalue weighted by atomic mass is 32.2. The minimum absolute atomic E-state index is 0.0809. The van der Waals surface area contributed by atoms with Crippen LogP contribution in [0.15, 0.2) is 71.8 Å². The highest BCUT2D eigenvalue weighted by Gasteiger charge is 2.16. The van der Waals surface area contributed by atoms with Crippen LogP contribution in [0.4, 0.5) is 9.93 Å². The fourth-order valence-corrected chi connectivity index (χ4v) is 3.76. The highest BCUT2D eigenvalue weighted by Crippen LogP contribution is 2.21. The third-order valence-corrected chi connectivity index (χ3v) is 5.53. The van der Waals surface area contributed by atoms with Crippen molar-refractivity contribution in [3.63, 3.8) is 0 Å². The van der Waals surface area contributed by atoms with Gasteiger partial charge < -0.3 is 4.74 Å². The van der Waals surface area contributed by atoms with E-state index in [9.17, 15) is 13.2 Å². The van der Waals surface area contributed by atoms with Gasteiger partial charge in [-0.25, -0.2) is 9.78 Å². The number of carbonyl (C=O) groups excluding carboxylic acids is 1. The maximum absolute atomic E-state index is 12.1. The van der Waals surface area contributed by atoms with Crippen molar-refractivity contribution in [2.45, 2.75) is 18.1 Å². The van der Waals surface area contributed by atoms with E-state index in [1.54, 1.807) is 18.2 Å². The average Bonchev–Trinajstić information content (AvgIpc) is 3.14. The monoisotopic (exact) mass is 404 g/mol. The molecule has 27 heavy (non-hydrogen) atoms. The van der Waals surface area contributed by atoms with Crippen LogP contribution >= 0.6 is 11.3 Å². The van der Waals surface area contributed by atoms with Gasteiger partial charge >= 0.3 is 6.09 Å². The molecule has 140 valence electrons. The zero-order valence-corrected chi connectivity index (χ0v) is 15.7. The molecule has 0 fully saturated rings. The Morgan fingerprint density at radius 2 is 1.67 bits per heavy atom. The van der Waals surface area contributed by atoms with E-state index < -0.39 is 16.2 Å². The van der Waals surface area contributed by atoms with Crippen LogP contribution in [0.3, 0.4) is 0 Å². The number of hydrogen-bond acceptors (Lipinski definition) is 7. The smallest absolute Gasteiger partial charge is 0.413 e. The van der Waals surface area contributed by atoms with Gasteiger partial charge in [-0.3, -0.25) is 9.50 Å². The molecule has 0 aliphatic heterocycles. The molecular weight excluding hydrogens is 388 g/mol. The average molecular weight is 404 g/mol. The summed E-state index contributed by atoms with van der Waals surface area (Å²) in [5.41, 5.74) is 0.868. The van der Waals surface area contributed by atoms with E-state index in [0.717, 1.165) is 16.9 Å². The molecule has 0 atom stereocenters. The lowest BCUT2D eigenvalue weighted by Gasteiger charge is -2.05. The number of aromatic nitrogens is 1. The number of amides is 1. The Labute approximate surface area is 160 Å². The van der Waals surface area contributed by atoms with E-state index in [1.165, 1.54) is 18.3 Å². The first-order valence-electron chi connectivity index (χ1n) is 7.90. The summed E-state index contributed by atoms with van der Waals surface area (Å²) in [5.74, 6) is 0. The van der Waals surface area contributed by atoms with E-state index in [1.807, 2.05) is 30.3 Å². The molecule has 3 rings (SSSR count). The fraction of sp³-hybridized carbons (Fsp3) is 0.111. The highest BCUT2D eigenvalue weighted by molar-refractivity contribution is 7.86. The summed E-state index contributed by atoms with van der Waals surface area (Å²) in [6.45, 7) is -0.0288. The van der Waals surface area contributed by atoms with Gasteiger partial charge in [0.25, 0.3) is 10.1 Å². The number of carbonyl (C=O) groups is 1. The van der Waals surface area contributed by atoms with Gasteiger partial charge in [0.1, 0.15) is 13.2 Å². The quantitative estimate of drug-likeness (QED) is 0.602. The third-order valence-electron chi connectivity index (χ3n) is 3.36. The van der Waals surface area contributed by atoms with Gasteiger partial charge in [0.2, 0.25) is 0 Å². The fourth-order valence-electron chi connectivity index (χ4n) is 2.07. The Morgan fingerprint density at radius 1 is 1.00 bits per heavy atom. The zero-order valence-electron chi connectivity index (χ0n) is 14.1. The summed E-state index contributed by atoms with van der Waals surface area (Å²) in [5, 5.41) is 2.80. The van der Waals surface area contributed by atoms with E-state index in [-0.39, 0.29) is 18.1 Å². The van der Waals surface area contributed by atoms with Gasteiger partial charge in [-0.2, -0.15) is 8.42 Å². The number of hydrogen-bond donors (Lipinski definition) is 1.